The second-order valence-corrected chi connectivity index (χ2v) is 13.3. The Morgan fingerprint density at radius 2 is 1.77 bits per heavy atom. The van der Waals surface area contributed by atoms with Crippen LogP contribution < -0.4 is 10.2 Å². The molecule has 204 valence electrons. The third kappa shape index (κ3) is 5.20. The number of benzene rings is 2. The average Bonchev–Trinajstić information content (AvgIpc) is 3.56. The lowest BCUT2D eigenvalue weighted by Crippen LogP contribution is -2.34. The molecule has 11 heteroatoms. The van der Waals surface area contributed by atoms with Crippen LogP contribution in [0.3, 0.4) is 0 Å². The van der Waals surface area contributed by atoms with Gasteiger partial charge in [-0.15, -0.1) is 0 Å². The average molecular weight is 587 g/mol. The van der Waals surface area contributed by atoms with Crippen LogP contribution in [0.2, 0.25) is 10.0 Å². The zero-order valence-corrected chi connectivity index (χ0v) is 23.6. The van der Waals surface area contributed by atoms with E-state index in [4.69, 9.17) is 33.3 Å². The summed E-state index contributed by atoms with van der Waals surface area (Å²) in [6, 6.07) is 17.1. The molecule has 4 aromatic rings. The fourth-order valence-electron chi connectivity index (χ4n) is 5.55. The molecule has 0 saturated carbocycles. The van der Waals surface area contributed by atoms with Gasteiger partial charge in [-0.2, -0.15) is 9.61 Å². The number of aromatic nitrogens is 3. The van der Waals surface area contributed by atoms with E-state index < -0.39 is 9.84 Å². The SMILES string of the molecule is O=S1(=O)CCC(Nc2cc(N3CCC[C@H]3CO)nc3c(-c4ccc(Cl)cc4)c(-c4ccccc4Cl)nn23)CC1. The molecule has 2 aromatic heterocycles. The highest BCUT2D eigenvalue weighted by atomic mass is 35.5. The summed E-state index contributed by atoms with van der Waals surface area (Å²) in [7, 11) is -3.00. The molecule has 2 aromatic carbocycles. The maximum Gasteiger partial charge on any atom is 0.168 e. The molecule has 2 fully saturated rings. The van der Waals surface area contributed by atoms with Gasteiger partial charge in [0.25, 0.3) is 0 Å². The van der Waals surface area contributed by atoms with Crippen LogP contribution in [-0.2, 0) is 9.84 Å². The largest absolute Gasteiger partial charge is 0.394 e. The van der Waals surface area contributed by atoms with Gasteiger partial charge >= 0.3 is 0 Å². The molecule has 0 amide bonds. The van der Waals surface area contributed by atoms with E-state index in [1.807, 2.05) is 54.6 Å². The standard InChI is InChI=1S/C28H29Cl2N5O3S/c29-19-9-7-18(8-10-19)26-27(22-5-1-2-6-23(22)30)33-35-25(31-20-11-14-39(37,38)15-12-20)16-24(32-28(26)35)34-13-3-4-21(34)17-36/h1-2,5-10,16,20-21,31,36H,3-4,11-15,17H2/t21-/m0/s1. The predicted octanol–water partition coefficient (Wildman–Crippen LogP) is 5.32. The van der Waals surface area contributed by atoms with E-state index in [-0.39, 0.29) is 30.2 Å². The summed E-state index contributed by atoms with van der Waals surface area (Å²) in [6.45, 7) is 0.835. The first-order valence-electron chi connectivity index (χ1n) is 13.1. The maximum atomic E-state index is 12.1. The van der Waals surface area contributed by atoms with Crippen LogP contribution in [-0.4, -0.2) is 64.9 Å². The monoisotopic (exact) mass is 585 g/mol. The number of hydrogen-bond donors (Lipinski definition) is 2. The molecule has 4 heterocycles. The van der Waals surface area contributed by atoms with Gasteiger partial charge in [-0.05, 0) is 49.4 Å². The van der Waals surface area contributed by atoms with E-state index in [0.29, 0.717) is 34.2 Å². The second-order valence-electron chi connectivity index (χ2n) is 10.2. The Morgan fingerprint density at radius 3 is 2.49 bits per heavy atom. The highest BCUT2D eigenvalue weighted by Gasteiger charge is 2.30. The predicted molar refractivity (Wildman–Crippen MR) is 157 cm³/mol. The lowest BCUT2D eigenvalue weighted by molar-refractivity contribution is 0.266. The molecular weight excluding hydrogens is 557 g/mol. The molecule has 1 atom stereocenters. The number of hydrogen-bond acceptors (Lipinski definition) is 7. The number of fused-ring (bicyclic) bond motifs is 1. The van der Waals surface area contributed by atoms with Crippen molar-refractivity contribution in [1.29, 1.82) is 0 Å². The Labute approximate surface area is 237 Å². The van der Waals surface area contributed by atoms with Crippen LogP contribution in [0, 0.1) is 0 Å². The molecule has 0 unspecified atom stereocenters. The van der Waals surface area contributed by atoms with Gasteiger partial charge in [-0.3, -0.25) is 0 Å². The van der Waals surface area contributed by atoms with Crippen molar-refractivity contribution >= 4 is 50.3 Å². The van der Waals surface area contributed by atoms with E-state index in [2.05, 4.69) is 10.2 Å². The first-order chi connectivity index (χ1) is 18.8. The summed E-state index contributed by atoms with van der Waals surface area (Å²) < 4.78 is 25.9. The molecule has 2 N–H and O–H groups in total. The van der Waals surface area contributed by atoms with Crippen molar-refractivity contribution in [3.63, 3.8) is 0 Å². The molecule has 0 bridgehead atoms. The summed E-state index contributed by atoms with van der Waals surface area (Å²) in [5.74, 6) is 1.77. The minimum absolute atomic E-state index is 0.0161. The summed E-state index contributed by atoms with van der Waals surface area (Å²) in [5, 5.41) is 19.9. The normalized spacial score (nSPS) is 19.6. The zero-order chi connectivity index (χ0) is 27.1. The number of halogens is 2. The highest BCUT2D eigenvalue weighted by Crippen LogP contribution is 2.40. The highest BCUT2D eigenvalue weighted by molar-refractivity contribution is 7.91. The topological polar surface area (TPSA) is 99.8 Å². The van der Waals surface area contributed by atoms with Gasteiger partial charge in [0.2, 0.25) is 0 Å². The Hall–Kier alpha value is -2.85. The molecule has 2 aliphatic rings. The van der Waals surface area contributed by atoms with Gasteiger partial charge in [0.15, 0.2) is 5.65 Å². The Bertz CT molecular complexity index is 1610. The molecule has 0 aliphatic carbocycles. The van der Waals surface area contributed by atoms with Crippen molar-refractivity contribution in [3.8, 4) is 22.4 Å². The fourth-order valence-corrected chi connectivity index (χ4v) is 7.39. The van der Waals surface area contributed by atoms with Crippen LogP contribution in [0.5, 0.6) is 0 Å². The Balaban J connectivity index is 1.57. The van der Waals surface area contributed by atoms with Crippen LogP contribution in [0.25, 0.3) is 28.0 Å². The summed E-state index contributed by atoms with van der Waals surface area (Å²) >= 11 is 12.9. The van der Waals surface area contributed by atoms with E-state index in [9.17, 15) is 13.5 Å². The fraction of sp³-hybridized carbons (Fsp3) is 0.357. The number of sulfone groups is 1. The molecular formula is C28H29Cl2N5O3S. The summed E-state index contributed by atoms with van der Waals surface area (Å²) in [4.78, 5) is 7.25. The Kier molecular flexibility index (Phi) is 7.18. The first-order valence-corrected chi connectivity index (χ1v) is 15.7. The van der Waals surface area contributed by atoms with Crippen LogP contribution in [0.15, 0.2) is 54.6 Å². The number of rotatable bonds is 6. The van der Waals surface area contributed by atoms with Crippen molar-refractivity contribution < 1.29 is 13.5 Å². The minimum atomic E-state index is -3.00. The molecule has 6 rings (SSSR count). The molecule has 0 spiro atoms. The molecule has 2 saturated heterocycles. The van der Waals surface area contributed by atoms with Crippen molar-refractivity contribution in [2.45, 2.75) is 37.8 Å². The summed E-state index contributed by atoms with van der Waals surface area (Å²) in [6.07, 6.45) is 2.90. The quantitative estimate of drug-likeness (QED) is 0.316. The minimum Gasteiger partial charge on any atom is -0.394 e. The molecule has 2 aliphatic heterocycles. The number of aliphatic hydroxyl groups is 1. The van der Waals surface area contributed by atoms with Gasteiger partial charge in [-0.1, -0.05) is 53.5 Å². The summed E-state index contributed by atoms with van der Waals surface area (Å²) in [5.41, 5.74) is 3.81. The third-order valence-corrected chi connectivity index (χ3v) is 9.92. The van der Waals surface area contributed by atoms with E-state index in [0.717, 1.165) is 47.7 Å². The van der Waals surface area contributed by atoms with Crippen molar-refractivity contribution in [2.75, 3.05) is 34.9 Å². The van der Waals surface area contributed by atoms with Gasteiger partial charge in [0.05, 0.1) is 34.7 Å². The third-order valence-electron chi connectivity index (χ3n) is 7.63. The lowest BCUT2D eigenvalue weighted by Gasteiger charge is -2.27. The zero-order valence-electron chi connectivity index (χ0n) is 21.2. The Morgan fingerprint density at radius 1 is 1.03 bits per heavy atom. The van der Waals surface area contributed by atoms with Gasteiger partial charge in [-0.25, -0.2) is 13.4 Å². The maximum absolute atomic E-state index is 12.1. The van der Waals surface area contributed by atoms with Crippen LogP contribution in [0.1, 0.15) is 25.7 Å². The smallest absolute Gasteiger partial charge is 0.168 e. The van der Waals surface area contributed by atoms with Crippen LogP contribution in [0.4, 0.5) is 11.6 Å². The number of nitrogens with zero attached hydrogens (tertiary/aromatic N) is 4. The van der Waals surface area contributed by atoms with E-state index >= 15 is 0 Å². The van der Waals surface area contributed by atoms with E-state index in [1.165, 1.54) is 0 Å². The van der Waals surface area contributed by atoms with Crippen molar-refractivity contribution in [1.82, 2.24) is 14.6 Å². The number of anilines is 2. The lowest BCUT2D eigenvalue weighted by atomic mass is 10.0. The van der Waals surface area contributed by atoms with Crippen molar-refractivity contribution in [2.24, 2.45) is 0 Å². The first kappa shape index (κ1) is 26.4. The van der Waals surface area contributed by atoms with Crippen LogP contribution >= 0.6 is 23.2 Å². The molecule has 8 nitrogen and oxygen atoms in total. The van der Waals surface area contributed by atoms with Gasteiger partial charge < -0.3 is 15.3 Å². The molecule has 0 radical (unpaired) electrons. The van der Waals surface area contributed by atoms with Crippen molar-refractivity contribution in [3.05, 3.63) is 64.6 Å². The molecule has 39 heavy (non-hydrogen) atoms. The van der Waals surface area contributed by atoms with E-state index in [1.54, 1.807) is 4.52 Å². The number of nitrogens with one attached hydrogen (secondary N) is 1. The van der Waals surface area contributed by atoms with Gasteiger partial charge in [0.1, 0.15) is 27.2 Å². The second kappa shape index (κ2) is 10.6. The number of aliphatic hydroxyl groups excluding tert-OH is 1. The van der Waals surface area contributed by atoms with Gasteiger partial charge in [0, 0.05) is 29.2 Å².